The topological polar surface area (TPSA) is 261 Å². The van der Waals surface area contributed by atoms with Crippen LogP contribution in [0.5, 0.6) is 0 Å². The number of nitrogens with zero attached hydrogens (tertiary/aromatic N) is 10. The molecule has 4 aliphatic carbocycles. The van der Waals surface area contributed by atoms with E-state index in [1.165, 1.54) is 215 Å². The fraction of sp³-hybridized carbons (Fsp3) is 0.789. The summed E-state index contributed by atoms with van der Waals surface area (Å²) in [5.41, 5.74) is 6.70. The standard InChI is InChI=1S/2C11H17N.C10H21N.C10H15N.C9H19N.C8H13N3.2C8H17N.2C7H15N.C7H17N.2C6H11N3O.3C5H13N/c2*1-9(2)12-8-11-6-4-10(3)5-7-11;2*1-9(2)11-8-10-6-4-3-5-7-10;1-8(2)10-7-9-5-3-4-6-9;1-7(2)11-6-8-9-4-3-5-10-8;1-7(2)9-6-8-4-3-5-8;1-8(2)9-6-4-3-5-7-9;1-6(2)8-5-7-3-4-7;1-7(2)8-5-3-4-6-8;1-6(2)5-8-7(3)4;1-5(2)7-3-6-9-8-4-10-6;1-5(2)7-3-6-8-4-9-10-6;2*1-5(2)6(3)4;1-4-6-5(2)3/h2*4-7,9,12H,8H2,1-3H3;9-11H,3-8H2,1-2H3;3-7,9,11H,8H2,1-2H3;8-10H,3-7H2,1-2H3;3-5,7,11H,6H2,1-2H3;7-9H,3-6H2,1-2H3;8H,3-7H2,1-2H3;6-8H,3-5H2,1-2H3;7H,3-6H2,1-2H3;6-8H,5H2,1-4H3;2*4-5,7H,3H2,1-2H3;2*5H,1-4H3;5-6H,4H2,1-3H3. The molecule has 4 saturated carbocycles. The molecule has 0 atom stereocenters. The molecule has 6 aromatic rings. The molecule has 12 N–H and O–H groups in total. The molecule has 24 nitrogen and oxygen atoms in total. The molecule has 12 rings (SSSR count). The lowest BCUT2D eigenvalue weighted by atomic mass is 9.85. The first-order valence-electron chi connectivity index (χ1n) is 58.5. The molecule has 0 amide bonds. The van der Waals surface area contributed by atoms with Crippen LogP contribution in [-0.4, -0.2) is 240 Å². The maximum Gasteiger partial charge on any atom is 0.240 e. The van der Waals surface area contributed by atoms with Gasteiger partial charge in [0.2, 0.25) is 18.2 Å². The van der Waals surface area contributed by atoms with Crippen molar-refractivity contribution in [3.05, 3.63) is 155 Å². The average molecular weight is 2060 g/mol. The van der Waals surface area contributed by atoms with Crippen molar-refractivity contribution in [1.29, 1.82) is 0 Å². The first kappa shape index (κ1) is 148. The lowest BCUT2D eigenvalue weighted by Crippen LogP contribution is -2.35. The van der Waals surface area contributed by atoms with Gasteiger partial charge >= 0.3 is 0 Å². The number of aromatic nitrogens is 6. The van der Waals surface area contributed by atoms with Gasteiger partial charge in [0, 0.05) is 129 Å². The van der Waals surface area contributed by atoms with E-state index in [-0.39, 0.29) is 0 Å². The Morgan fingerprint density at radius 3 is 0.871 bits per heavy atom. The maximum atomic E-state index is 4.90. The Bertz CT molecular complexity index is 3380. The van der Waals surface area contributed by atoms with Crippen LogP contribution in [0.25, 0.3) is 0 Å². The molecule has 24 heteroatoms. The molecule has 6 fully saturated rings. The lowest BCUT2D eigenvalue weighted by Gasteiger charge is -2.29. The third kappa shape index (κ3) is 109. The van der Waals surface area contributed by atoms with Crippen molar-refractivity contribution in [1.82, 2.24) is 114 Å². The summed E-state index contributed by atoms with van der Waals surface area (Å²) in [5, 5.41) is 50.8. The predicted octanol–water partition coefficient (Wildman–Crippen LogP) is 25.1. The van der Waals surface area contributed by atoms with E-state index in [0.29, 0.717) is 109 Å². The number of nitrogens with one attached hydrogen (secondary N) is 12. The molecule has 2 aliphatic heterocycles. The van der Waals surface area contributed by atoms with Crippen molar-refractivity contribution < 1.29 is 8.94 Å². The second kappa shape index (κ2) is 98.5. The molecule has 858 valence electrons. The maximum absolute atomic E-state index is 4.90. The minimum absolute atomic E-state index is 0.451. The van der Waals surface area contributed by atoms with Gasteiger partial charge in [0.15, 0.2) is 6.33 Å². The first-order valence-corrected chi connectivity index (χ1v) is 58.5. The minimum atomic E-state index is 0.451. The first-order chi connectivity index (χ1) is 69.5. The quantitative estimate of drug-likeness (QED) is 0.0171. The van der Waals surface area contributed by atoms with E-state index in [1.54, 1.807) is 12.4 Å². The molecule has 2 saturated heterocycles. The fourth-order valence-electron chi connectivity index (χ4n) is 13.6. The number of hydrogen-bond acceptors (Lipinski definition) is 24. The van der Waals surface area contributed by atoms with Gasteiger partial charge < -0.3 is 92.3 Å². The highest BCUT2D eigenvalue weighted by molar-refractivity contribution is 5.22. The molecule has 6 aliphatic rings. The molecule has 0 spiro atoms. The second-order valence-corrected chi connectivity index (χ2v) is 46.5. The van der Waals surface area contributed by atoms with Crippen molar-refractivity contribution >= 4 is 0 Å². The lowest BCUT2D eigenvalue weighted by molar-refractivity contribution is 0.185. The van der Waals surface area contributed by atoms with E-state index in [2.05, 4.69) is 471 Å². The SMILES string of the molecule is CC(C)CNC(C)C.CC(C)N(C)C.CC(C)N(C)C.CC(C)N1CCCC1.CC(C)N1CCCCC1.CC(C)NCC1CC1.CC(C)NCC1CCC1.CC(C)NCC1CCCC1.CC(C)NCC1CCCCC1.CC(C)NCc1ccccc1.CC(C)NCc1ncccn1.CC(C)NCc1ncno1.CC(C)NCc1nnco1.CCNC(C)C.Cc1ccc(CNC(C)C)cc1.Cc1ccc(CNC(C)C)cc1. The van der Waals surface area contributed by atoms with E-state index in [9.17, 15) is 0 Å². The van der Waals surface area contributed by atoms with Crippen LogP contribution >= 0.6 is 0 Å². The van der Waals surface area contributed by atoms with Crippen LogP contribution in [0.15, 0.2) is 119 Å². The molecule has 0 radical (unpaired) electrons. The largest absolute Gasteiger partial charge is 0.427 e. The van der Waals surface area contributed by atoms with E-state index >= 15 is 0 Å². The Labute approximate surface area is 910 Å². The molecule has 0 bridgehead atoms. The Morgan fingerprint density at radius 1 is 0.313 bits per heavy atom. The molecule has 0 unspecified atom stereocenters. The van der Waals surface area contributed by atoms with Crippen molar-refractivity contribution in [2.45, 2.75) is 514 Å². The second-order valence-electron chi connectivity index (χ2n) is 46.5. The van der Waals surface area contributed by atoms with Gasteiger partial charge in [0.1, 0.15) is 5.82 Å². The van der Waals surface area contributed by atoms with Crippen molar-refractivity contribution in [2.24, 2.45) is 29.6 Å². The van der Waals surface area contributed by atoms with E-state index in [0.717, 1.165) is 86.8 Å². The summed E-state index contributed by atoms with van der Waals surface area (Å²) in [7, 11) is 8.30. The van der Waals surface area contributed by atoms with Crippen LogP contribution in [-0.2, 0) is 39.3 Å². The van der Waals surface area contributed by atoms with Gasteiger partial charge in [-0.25, -0.2) is 9.97 Å². The summed E-state index contributed by atoms with van der Waals surface area (Å²) < 4.78 is 9.66. The average Bonchev–Trinajstić information content (AvgIpc) is 1.81. The number of aryl methyl sites for hydroxylation is 2. The Morgan fingerprint density at radius 2 is 0.612 bits per heavy atom. The van der Waals surface area contributed by atoms with Gasteiger partial charge in [0.25, 0.3) is 0 Å². The fourth-order valence-corrected chi connectivity index (χ4v) is 13.6. The molecule has 147 heavy (non-hydrogen) atoms. The van der Waals surface area contributed by atoms with Crippen LogP contribution in [0.4, 0.5) is 0 Å². The zero-order valence-electron chi connectivity index (χ0n) is 104. The zero-order chi connectivity index (χ0) is 112. The third-order valence-corrected chi connectivity index (χ3v) is 24.6. The van der Waals surface area contributed by atoms with E-state index in [1.807, 2.05) is 12.1 Å². The summed E-state index contributed by atoms with van der Waals surface area (Å²) in [6.07, 6.45) is 33.8. The normalized spacial score (nSPS) is 14.6. The van der Waals surface area contributed by atoms with Gasteiger partial charge in [0.05, 0.1) is 19.6 Å². The Kier molecular flexibility index (Phi) is 98.9. The summed E-state index contributed by atoms with van der Waals surface area (Å²) in [5.74, 6) is 6.89. The van der Waals surface area contributed by atoms with Crippen molar-refractivity contribution in [3.8, 4) is 0 Å². The van der Waals surface area contributed by atoms with Crippen LogP contribution in [0.1, 0.15) is 410 Å². The number of hydrogen-bond donors (Lipinski definition) is 12. The summed E-state index contributed by atoms with van der Waals surface area (Å²) in [6, 6.07) is 39.5. The molecule has 3 aromatic heterocycles. The van der Waals surface area contributed by atoms with E-state index in [4.69, 9.17) is 8.94 Å². The number of benzene rings is 3. The molecular formula is C123H244N22O2. The highest BCUT2D eigenvalue weighted by Crippen LogP contribution is 2.28. The van der Waals surface area contributed by atoms with Crippen LogP contribution in [0.3, 0.4) is 0 Å². The summed E-state index contributed by atoms with van der Waals surface area (Å²) in [4.78, 5) is 21.4. The molecule has 3 aromatic carbocycles. The van der Waals surface area contributed by atoms with Crippen LogP contribution in [0.2, 0.25) is 0 Å². The highest BCUT2D eigenvalue weighted by atomic mass is 16.5. The number of likely N-dealkylation sites (tertiary alicyclic amines) is 2. The van der Waals surface area contributed by atoms with Crippen LogP contribution < -0.4 is 63.8 Å². The van der Waals surface area contributed by atoms with Gasteiger partial charge in [-0.05, 0) is 292 Å². The Balaban J connectivity index is -0.000000745. The zero-order valence-corrected chi connectivity index (χ0v) is 104. The third-order valence-electron chi connectivity index (χ3n) is 24.6. The van der Waals surface area contributed by atoms with E-state index < -0.39 is 0 Å². The molecule has 5 heterocycles. The predicted molar refractivity (Wildman–Crippen MR) is 643 cm³/mol. The minimum Gasteiger partial charge on any atom is -0.427 e. The Hall–Kier alpha value is -5.62. The van der Waals surface area contributed by atoms with Gasteiger partial charge in [-0.3, -0.25) is 0 Å². The van der Waals surface area contributed by atoms with Crippen LogP contribution in [0, 0.1) is 43.4 Å². The van der Waals surface area contributed by atoms with Gasteiger partial charge in [-0.2, -0.15) is 4.98 Å². The summed E-state index contributed by atoms with van der Waals surface area (Å²) in [6.45, 7) is 97.8. The number of piperidine rings is 1. The molecular weight excluding hydrogens is 1820 g/mol. The monoisotopic (exact) mass is 2060 g/mol. The summed E-state index contributed by atoms with van der Waals surface area (Å²) >= 11 is 0. The van der Waals surface area contributed by atoms with Crippen molar-refractivity contribution in [3.63, 3.8) is 0 Å². The van der Waals surface area contributed by atoms with Gasteiger partial charge in [-0.1, -0.05) is 327 Å². The highest BCUT2D eigenvalue weighted by Gasteiger charge is 2.21. The smallest absolute Gasteiger partial charge is 0.240 e. The number of rotatable bonds is 39. The van der Waals surface area contributed by atoms with Gasteiger partial charge in [-0.15, -0.1) is 10.2 Å². The van der Waals surface area contributed by atoms with Crippen molar-refractivity contribution in [2.75, 3.05) is 93.6 Å².